The van der Waals surface area contributed by atoms with Crippen molar-refractivity contribution in [3.63, 3.8) is 0 Å². The molecule has 0 aliphatic carbocycles. The highest BCUT2D eigenvalue weighted by Gasteiger charge is 2.38. The predicted octanol–water partition coefficient (Wildman–Crippen LogP) is 2.73. The summed E-state index contributed by atoms with van der Waals surface area (Å²) in [6.07, 6.45) is -3.43. The van der Waals surface area contributed by atoms with Crippen LogP contribution in [0.2, 0.25) is 0 Å². The van der Waals surface area contributed by atoms with Crippen LogP contribution >= 0.6 is 0 Å². The normalized spacial score (nSPS) is 17.2. The maximum Gasteiger partial charge on any atom is 0.471 e. The van der Waals surface area contributed by atoms with Crippen molar-refractivity contribution in [3.8, 4) is 5.75 Å². The molecule has 1 aliphatic rings. The third kappa shape index (κ3) is 4.14. The Labute approximate surface area is 147 Å². The molecule has 1 amide bonds. The zero-order valence-corrected chi connectivity index (χ0v) is 14.1. The summed E-state index contributed by atoms with van der Waals surface area (Å²) in [4.78, 5) is 17.5. The number of carbonyl (C=O) groups excluding carboxylic acids is 1. The van der Waals surface area contributed by atoms with Gasteiger partial charge in [0.1, 0.15) is 5.75 Å². The zero-order chi connectivity index (χ0) is 18.7. The van der Waals surface area contributed by atoms with Gasteiger partial charge in [-0.2, -0.15) is 18.2 Å². The number of fused-ring (bicyclic) bond motifs is 1. The zero-order valence-electron chi connectivity index (χ0n) is 14.1. The summed E-state index contributed by atoms with van der Waals surface area (Å²) in [6.45, 7) is 0.649. The van der Waals surface area contributed by atoms with Gasteiger partial charge in [0.2, 0.25) is 5.91 Å². The number of alkyl halides is 3. The lowest BCUT2D eigenvalue weighted by molar-refractivity contribution is -0.159. The molecule has 0 spiro atoms. The lowest BCUT2D eigenvalue weighted by atomic mass is 9.95. The van der Waals surface area contributed by atoms with E-state index in [0.29, 0.717) is 19.4 Å². The maximum absolute atomic E-state index is 12.7. The van der Waals surface area contributed by atoms with Crippen LogP contribution in [-0.2, 0) is 23.8 Å². The molecular weight excluding hydrogens is 351 g/mol. The number of aromatic nitrogens is 2. The summed E-state index contributed by atoms with van der Waals surface area (Å²) >= 11 is 0. The van der Waals surface area contributed by atoms with E-state index in [9.17, 15) is 18.0 Å². The molecule has 0 radical (unpaired) electrons. The number of amides is 1. The number of benzene rings is 1. The summed E-state index contributed by atoms with van der Waals surface area (Å²) in [5.41, 5.74) is 0.977. The second-order valence-electron chi connectivity index (χ2n) is 6.17. The number of rotatable bonds is 4. The average Bonchev–Trinajstić information content (AvgIpc) is 2.99. The van der Waals surface area contributed by atoms with Crippen LogP contribution in [0.3, 0.4) is 0 Å². The monoisotopic (exact) mass is 369 g/mol. The van der Waals surface area contributed by atoms with Crippen LogP contribution in [0.15, 0.2) is 28.8 Å². The summed E-state index contributed by atoms with van der Waals surface area (Å²) < 4.78 is 47.2. The van der Waals surface area contributed by atoms with Gasteiger partial charge < -0.3 is 14.2 Å². The van der Waals surface area contributed by atoms with Gasteiger partial charge in [0.05, 0.1) is 6.61 Å². The van der Waals surface area contributed by atoms with Crippen molar-refractivity contribution in [1.82, 2.24) is 15.0 Å². The lowest BCUT2D eigenvalue weighted by Crippen LogP contribution is -2.35. The molecule has 2 aromatic rings. The molecule has 1 aromatic carbocycles. The minimum Gasteiger partial charge on any atom is -0.493 e. The van der Waals surface area contributed by atoms with Gasteiger partial charge in [0.25, 0.3) is 0 Å². The van der Waals surface area contributed by atoms with Crippen molar-refractivity contribution in [2.45, 2.75) is 25.4 Å². The van der Waals surface area contributed by atoms with Gasteiger partial charge >= 0.3 is 12.1 Å². The molecule has 3 rings (SSSR count). The largest absolute Gasteiger partial charge is 0.493 e. The Balaban J connectivity index is 1.58. The third-order valence-corrected chi connectivity index (χ3v) is 4.27. The van der Waals surface area contributed by atoms with E-state index >= 15 is 0 Å². The van der Waals surface area contributed by atoms with Crippen LogP contribution in [0.4, 0.5) is 13.2 Å². The van der Waals surface area contributed by atoms with Crippen LogP contribution in [-0.4, -0.2) is 41.1 Å². The SMILES string of the molecule is CN(CCc1noc(C(F)(F)F)n1)C(=O)[C@@H]1CCOc2ccccc2C1. The lowest BCUT2D eigenvalue weighted by Gasteiger charge is -2.22. The molecule has 9 heteroatoms. The Morgan fingerprint density at radius 3 is 2.85 bits per heavy atom. The van der Waals surface area contributed by atoms with Gasteiger partial charge in [-0.15, -0.1) is 0 Å². The van der Waals surface area contributed by atoms with Crippen LogP contribution < -0.4 is 4.74 Å². The third-order valence-electron chi connectivity index (χ3n) is 4.27. The summed E-state index contributed by atoms with van der Waals surface area (Å²) in [5.74, 6) is -0.980. The van der Waals surface area contributed by atoms with Gasteiger partial charge in [0, 0.05) is 25.9 Å². The molecular formula is C17H18F3N3O3. The second-order valence-corrected chi connectivity index (χ2v) is 6.17. The topological polar surface area (TPSA) is 68.5 Å². The Hall–Kier alpha value is -2.58. The number of carbonyl (C=O) groups is 1. The molecule has 26 heavy (non-hydrogen) atoms. The minimum atomic E-state index is -4.67. The number of halogens is 3. The first-order valence-electron chi connectivity index (χ1n) is 8.20. The van der Waals surface area contributed by atoms with Crippen molar-refractivity contribution in [2.24, 2.45) is 5.92 Å². The molecule has 0 N–H and O–H groups in total. The van der Waals surface area contributed by atoms with Crippen molar-refractivity contribution in [3.05, 3.63) is 41.5 Å². The Bertz CT molecular complexity index is 776. The standard InChI is InChI=1S/C17H18F3N3O3/c1-23(8-6-14-21-16(26-22-14)17(18,19)20)15(24)12-7-9-25-13-5-3-2-4-11(13)10-12/h2-5,12H,6-10H2,1H3/t12-/m1/s1. The molecule has 0 saturated carbocycles. The minimum absolute atomic E-state index is 0.0773. The van der Waals surface area contributed by atoms with E-state index in [1.807, 2.05) is 24.3 Å². The molecule has 0 saturated heterocycles. The van der Waals surface area contributed by atoms with Crippen molar-refractivity contribution >= 4 is 5.91 Å². The first-order valence-corrected chi connectivity index (χ1v) is 8.20. The van der Waals surface area contributed by atoms with Gasteiger partial charge in [-0.25, -0.2) is 0 Å². The smallest absolute Gasteiger partial charge is 0.471 e. The van der Waals surface area contributed by atoms with Crippen molar-refractivity contribution in [1.29, 1.82) is 0 Å². The number of hydrogen-bond donors (Lipinski definition) is 0. The predicted molar refractivity (Wildman–Crippen MR) is 84.4 cm³/mol. The Kier molecular flexibility index (Phi) is 5.15. The van der Waals surface area contributed by atoms with E-state index in [2.05, 4.69) is 14.7 Å². The van der Waals surface area contributed by atoms with E-state index in [4.69, 9.17) is 4.74 Å². The molecule has 140 valence electrons. The molecule has 6 nitrogen and oxygen atoms in total. The molecule has 0 unspecified atom stereocenters. The molecule has 1 aromatic heterocycles. The number of para-hydroxylation sites is 1. The molecule has 0 fully saturated rings. The van der Waals surface area contributed by atoms with E-state index in [-0.39, 0.29) is 30.6 Å². The Morgan fingerprint density at radius 1 is 1.35 bits per heavy atom. The fourth-order valence-corrected chi connectivity index (χ4v) is 2.86. The van der Waals surface area contributed by atoms with E-state index in [1.54, 1.807) is 7.05 Å². The first kappa shape index (κ1) is 18.2. The number of likely N-dealkylation sites (N-methyl/N-ethyl adjacent to an activating group) is 1. The second kappa shape index (κ2) is 7.35. The average molecular weight is 369 g/mol. The fraction of sp³-hybridized carbons (Fsp3) is 0.471. The number of ether oxygens (including phenoxy) is 1. The summed E-state index contributed by atoms with van der Waals surface area (Å²) in [5, 5.41) is 3.31. The summed E-state index contributed by atoms with van der Waals surface area (Å²) in [7, 11) is 1.62. The van der Waals surface area contributed by atoms with Gasteiger partial charge in [-0.3, -0.25) is 4.79 Å². The molecule has 1 aliphatic heterocycles. The number of nitrogens with zero attached hydrogens (tertiary/aromatic N) is 3. The number of hydrogen-bond acceptors (Lipinski definition) is 5. The Morgan fingerprint density at radius 2 is 2.12 bits per heavy atom. The molecule has 1 atom stereocenters. The van der Waals surface area contributed by atoms with Crippen LogP contribution in [0.5, 0.6) is 5.75 Å². The molecule has 0 bridgehead atoms. The highest BCUT2D eigenvalue weighted by molar-refractivity contribution is 5.79. The van der Waals surface area contributed by atoms with E-state index < -0.39 is 12.1 Å². The van der Waals surface area contributed by atoms with E-state index in [1.165, 1.54) is 4.90 Å². The van der Waals surface area contributed by atoms with Gasteiger partial charge in [-0.05, 0) is 24.5 Å². The van der Waals surface area contributed by atoms with Crippen molar-refractivity contribution in [2.75, 3.05) is 20.2 Å². The molecule has 2 heterocycles. The van der Waals surface area contributed by atoms with Crippen LogP contribution in [0, 0.1) is 5.92 Å². The first-order chi connectivity index (χ1) is 12.3. The van der Waals surface area contributed by atoms with Gasteiger partial charge in [0.15, 0.2) is 5.82 Å². The quantitative estimate of drug-likeness (QED) is 0.829. The maximum atomic E-state index is 12.7. The van der Waals surface area contributed by atoms with E-state index in [0.717, 1.165) is 11.3 Å². The van der Waals surface area contributed by atoms with Crippen molar-refractivity contribution < 1.29 is 27.2 Å². The van der Waals surface area contributed by atoms with Crippen LogP contribution in [0.25, 0.3) is 0 Å². The highest BCUT2D eigenvalue weighted by Crippen LogP contribution is 2.28. The highest BCUT2D eigenvalue weighted by atomic mass is 19.4. The van der Waals surface area contributed by atoms with Gasteiger partial charge in [-0.1, -0.05) is 23.4 Å². The fourth-order valence-electron chi connectivity index (χ4n) is 2.86. The van der Waals surface area contributed by atoms with Crippen LogP contribution in [0.1, 0.15) is 23.7 Å². The summed E-state index contributed by atoms with van der Waals surface area (Å²) in [6, 6.07) is 7.58.